The standard InChI is InChI=1S/C17H14O4/c1-20-16-11-14(12-18)7-9-15(16)21-17(19)10-8-13-5-3-2-4-6-13/h2-12H,1H3/b10-8+. The molecule has 0 radical (unpaired) electrons. The van der Waals surface area contributed by atoms with Crippen LogP contribution in [0, 0.1) is 0 Å². The van der Waals surface area contributed by atoms with E-state index in [4.69, 9.17) is 9.47 Å². The molecule has 21 heavy (non-hydrogen) atoms. The van der Waals surface area contributed by atoms with E-state index in [1.807, 2.05) is 30.3 Å². The van der Waals surface area contributed by atoms with E-state index in [-0.39, 0.29) is 5.75 Å². The molecule has 4 heteroatoms. The molecule has 0 amide bonds. The zero-order valence-corrected chi connectivity index (χ0v) is 11.5. The highest BCUT2D eigenvalue weighted by molar-refractivity contribution is 5.89. The predicted octanol–water partition coefficient (Wildman–Crippen LogP) is 3.13. The summed E-state index contributed by atoms with van der Waals surface area (Å²) in [5.41, 5.74) is 1.35. The van der Waals surface area contributed by atoms with Crippen molar-refractivity contribution in [3.8, 4) is 11.5 Å². The molecular formula is C17H14O4. The highest BCUT2D eigenvalue weighted by atomic mass is 16.6. The Labute approximate surface area is 122 Å². The van der Waals surface area contributed by atoms with Crippen LogP contribution in [0.2, 0.25) is 0 Å². The topological polar surface area (TPSA) is 52.6 Å². The number of esters is 1. The molecule has 0 unspecified atom stereocenters. The van der Waals surface area contributed by atoms with Gasteiger partial charge in [0.05, 0.1) is 7.11 Å². The first-order valence-electron chi connectivity index (χ1n) is 6.31. The minimum atomic E-state index is -0.518. The highest BCUT2D eigenvalue weighted by Crippen LogP contribution is 2.27. The lowest BCUT2D eigenvalue weighted by Crippen LogP contribution is -2.05. The fraction of sp³-hybridized carbons (Fsp3) is 0.0588. The molecule has 0 aliphatic heterocycles. The van der Waals surface area contributed by atoms with Gasteiger partial charge < -0.3 is 9.47 Å². The van der Waals surface area contributed by atoms with Crippen LogP contribution in [0.1, 0.15) is 15.9 Å². The molecule has 0 atom stereocenters. The van der Waals surface area contributed by atoms with Crippen LogP contribution >= 0.6 is 0 Å². The van der Waals surface area contributed by atoms with Crippen molar-refractivity contribution in [1.29, 1.82) is 0 Å². The van der Waals surface area contributed by atoms with Crippen molar-refractivity contribution in [2.45, 2.75) is 0 Å². The second-order valence-corrected chi connectivity index (χ2v) is 4.19. The molecule has 2 aromatic carbocycles. The number of methoxy groups -OCH3 is 1. The molecule has 0 saturated heterocycles. The third-order valence-electron chi connectivity index (χ3n) is 2.75. The van der Waals surface area contributed by atoms with E-state index in [1.54, 1.807) is 12.1 Å². The lowest BCUT2D eigenvalue weighted by atomic mass is 10.2. The maximum atomic E-state index is 11.8. The van der Waals surface area contributed by atoms with E-state index < -0.39 is 5.97 Å². The molecule has 2 aromatic rings. The first-order chi connectivity index (χ1) is 10.2. The Morgan fingerprint density at radius 1 is 1.00 bits per heavy atom. The summed E-state index contributed by atoms with van der Waals surface area (Å²) in [5, 5.41) is 0. The Hall–Kier alpha value is -2.88. The number of carbonyl (C=O) groups excluding carboxylic acids is 2. The molecule has 0 N–H and O–H groups in total. The molecule has 0 aliphatic carbocycles. The molecule has 2 rings (SSSR count). The maximum absolute atomic E-state index is 11.8. The summed E-state index contributed by atoms with van der Waals surface area (Å²) in [5.74, 6) is 0.0860. The van der Waals surface area contributed by atoms with Crippen molar-refractivity contribution in [3.05, 3.63) is 65.7 Å². The third-order valence-corrected chi connectivity index (χ3v) is 2.75. The van der Waals surface area contributed by atoms with Gasteiger partial charge in [-0.15, -0.1) is 0 Å². The van der Waals surface area contributed by atoms with Gasteiger partial charge in [0.25, 0.3) is 0 Å². The van der Waals surface area contributed by atoms with E-state index in [1.165, 1.54) is 25.3 Å². The van der Waals surface area contributed by atoms with Crippen LogP contribution in [0.15, 0.2) is 54.6 Å². The summed E-state index contributed by atoms with van der Waals surface area (Å²) >= 11 is 0. The Morgan fingerprint density at radius 3 is 2.43 bits per heavy atom. The van der Waals surface area contributed by atoms with E-state index in [0.717, 1.165) is 5.56 Å². The molecular weight excluding hydrogens is 268 g/mol. The van der Waals surface area contributed by atoms with Gasteiger partial charge in [-0.1, -0.05) is 30.3 Å². The molecule has 0 aliphatic rings. The number of rotatable bonds is 5. The van der Waals surface area contributed by atoms with E-state index in [0.29, 0.717) is 17.6 Å². The predicted molar refractivity (Wildman–Crippen MR) is 79.5 cm³/mol. The lowest BCUT2D eigenvalue weighted by molar-refractivity contribution is -0.129. The number of carbonyl (C=O) groups is 2. The zero-order valence-electron chi connectivity index (χ0n) is 11.5. The Balaban J connectivity index is 2.09. The summed E-state index contributed by atoms with van der Waals surface area (Å²) in [6, 6.07) is 14.0. The number of hydrogen-bond acceptors (Lipinski definition) is 4. The van der Waals surface area contributed by atoms with Crippen LogP contribution in [0.4, 0.5) is 0 Å². The zero-order chi connectivity index (χ0) is 15.1. The number of ether oxygens (including phenoxy) is 2. The van der Waals surface area contributed by atoms with Crippen LogP contribution in [0.3, 0.4) is 0 Å². The van der Waals surface area contributed by atoms with Crippen molar-refractivity contribution in [2.24, 2.45) is 0 Å². The normalized spacial score (nSPS) is 10.3. The number of aldehydes is 1. The summed E-state index contributed by atoms with van der Waals surface area (Å²) in [4.78, 5) is 22.5. The van der Waals surface area contributed by atoms with E-state index >= 15 is 0 Å². The lowest BCUT2D eigenvalue weighted by Gasteiger charge is -2.08. The fourth-order valence-electron chi connectivity index (χ4n) is 1.71. The van der Waals surface area contributed by atoms with Gasteiger partial charge >= 0.3 is 5.97 Å². The molecule has 0 fully saturated rings. The van der Waals surface area contributed by atoms with Gasteiger partial charge in [0, 0.05) is 11.6 Å². The molecule has 0 aromatic heterocycles. The minimum absolute atomic E-state index is 0.269. The van der Waals surface area contributed by atoms with Crippen LogP contribution in [0.25, 0.3) is 6.08 Å². The third kappa shape index (κ3) is 4.04. The molecule has 0 bridgehead atoms. The van der Waals surface area contributed by atoms with Crippen LogP contribution in [-0.4, -0.2) is 19.4 Å². The number of hydrogen-bond donors (Lipinski definition) is 0. The van der Waals surface area contributed by atoms with Gasteiger partial charge in [0.15, 0.2) is 11.5 Å². The highest BCUT2D eigenvalue weighted by Gasteiger charge is 2.08. The van der Waals surface area contributed by atoms with Crippen LogP contribution < -0.4 is 9.47 Å². The molecule has 106 valence electrons. The SMILES string of the molecule is COc1cc(C=O)ccc1OC(=O)/C=C/c1ccccc1. The molecule has 4 nitrogen and oxygen atoms in total. The van der Waals surface area contributed by atoms with Crippen molar-refractivity contribution in [3.63, 3.8) is 0 Å². The van der Waals surface area contributed by atoms with E-state index in [9.17, 15) is 9.59 Å². The van der Waals surface area contributed by atoms with Gasteiger partial charge in [-0.3, -0.25) is 4.79 Å². The van der Waals surface area contributed by atoms with E-state index in [2.05, 4.69) is 0 Å². The molecule has 0 heterocycles. The first-order valence-corrected chi connectivity index (χ1v) is 6.31. The summed E-state index contributed by atoms with van der Waals surface area (Å²) < 4.78 is 10.3. The van der Waals surface area contributed by atoms with Gasteiger partial charge in [-0.2, -0.15) is 0 Å². The largest absolute Gasteiger partial charge is 0.493 e. The number of benzene rings is 2. The van der Waals surface area contributed by atoms with Crippen molar-refractivity contribution in [1.82, 2.24) is 0 Å². The van der Waals surface area contributed by atoms with Gasteiger partial charge in [-0.05, 0) is 29.8 Å². The first kappa shape index (κ1) is 14.5. The fourth-order valence-corrected chi connectivity index (χ4v) is 1.71. The minimum Gasteiger partial charge on any atom is -0.493 e. The van der Waals surface area contributed by atoms with Crippen LogP contribution in [0.5, 0.6) is 11.5 Å². The van der Waals surface area contributed by atoms with Crippen molar-refractivity contribution in [2.75, 3.05) is 7.11 Å². The maximum Gasteiger partial charge on any atom is 0.336 e. The van der Waals surface area contributed by atoms with Crippen molar-refractivity contribution >= 4 is 18.3 Å². The Bertz CT molecular complexity index is 660. The molecule has 0 saturated carbocycles. The monoisotopic (exact) mass is 282 g/mol. The Kier molecular flexibility index (Phi) is 4.88. The van der Waals surface area contributed by atoms with Gasteiger partial charge in [0.2, 0.25) is 0 Å². The second kappa shape index (κ2) is 7.05. The average Bonchev–Trinajstić information content (AvgIpc) is 2.54. The smallest absolute Gasteiger partial charge is 0.336 e. The molecule has 0 spiro atoms. The summed E-state index contributed by atoms with van der Waals surface area (Å²) in [6.45, 7) is 0. The van der Waals surface area contributed by atoms with Crippen LogP contribution in [-0.2, 0) is 4.79 Å². The van der Waals surface area contributed by atoms with Gasteiger partial charge in [-0.25, -0.2) is 4.79 Å². The Morgan fingerprint density at radius 2 is 1.76 bits per heavy atom. The summed E-state index contributed by atoms with van der Waals surface area (Å²) in [7, 11) is 1.45. The van der Waals surface area contributed by atoms with Crippen molar-refractivity contribution < 1.29 is 19.1 Å². The average molecular weight is 282 g/mol. The summed E-state index contributed by atoms with van der Waals surface area (Å²) in [6.07, 6.45) is 3.69. The van der Waals surface area contributed by atoms with Gasteiger partial charge in [0.1, 0.15) is 6.29 Å². The quantitative estimate of drug-likeness (QED) is 0.366. The second-order valence-electron chi connectivity index (χ2n) is 4.19.